The minimum absolute atomic E-state index is 0.0585. The quantitative estimate of drug-likeness (QED) is 0.842. The van der Waals surface area contributed by atoms with Crippen LogP contribution in [0.25, 0.3) is 0 Å². The van der Waals surface area contributed by atoms with Gasteiger partial charge in [-0.05, 0) is 30.7 Å². The van der Waals surface area contributed by atoms with Gasteiger partial charge >= 0.3 is 0 Å². The minimum Gasteiger partial charge on any atom is -0.326 e. The Bertz CT molecular complexity index is 563. The largest absolute Gasteiger partial charge is 0.326 e. The van der Waals surface area contributed by atoms with E-state index >= 15 is 0 Å². The van der Waals surface area contributed by atoms with Crippen LogP contribution in [0.1, 0.15) is 34.1 Å². The molecule has 0 radical (unpaired) electrons. The number of anilines is 1. The number of nitrogens with zero attached hydrogens (tertiary/aromatic N) is 1. The van der Waals surface area contributed by atoms with Crippen molar-refractivity contribution >= 4 is 21.6 Å². The van der Waals surface area contributed by atoms with Gasteiger partial charge < -0.3 is 5.32 Å². The molecule has 0 heterocycles. The third-order valence-electron chi connectivity index (χ3n) is 3.52. The Morgan fingerprint density at radius 1 is 1.14 bits per heavy atom. The number of hydrogen-bond donors (Lipinski definition) is 1. The van der Waals surface area contributed by atoms with Gasteiger partial charge in [0.25, 0.3) is 0 Å². The molecule has 0 spiro atoms. The van der Waals surface area contributed by atoms with Crippen LogP contribution in [0.15, 0.2) is 29.2 Å². The zero-order chi connectivity index (χ0) is 16.0. The Balaban J connectivity index is 2.90. The van der Waals surface area contributed by atoms with Crippen LogP contribution in [0.5, 0.6) is 0 Å². The molecule has 1 aromatic rings. The van der Waals surface area contributed by atoms with Crippen molar-refractivity contribution in [3.05, 3.63) is 24.3 Å². The van der Waals surface area contributed by atoms with Crippen molar-refractivity contribution in [3.8, 4) is 0 Å². The van der Waals surface area contributed by atoms with E-state index in [1.54, 1.807) is 12.1 Å². The van der Waals surface area contributed by atoms with E-state index in [1.807, 2.05) is 27.7 Å². The fourth-order valence-electron chi connectivity index (χ4n) is 1.87. The van der Waals surface area contributed by atoms with Crippen molar-refractivity contribution in [2.24, 2.45) is 5.92 Å². The van der Waals surface area contributed by atoms with E-state index in [-0.39, 0.29) is 16.7 Å². The predicted molar refractivity (Wildman–Crippen MR) is 84.6 cm³/mol. The fourth-order valence-corrected chi connectivity index (χ4v) is 3.33. The highest BCUT2D eigenvalue weighted by Gasteiger charge is 2.21. The van der Waals surface area contributed by atoms with Gasteiger partial charge in [0.1, 0.15) is 0 Å². The van der Waals surface area contributed by atoms with Gasteiger partial charge in [0.15, 0.2) is 0 Å². The van der Waals surface area contributed by atoms with Gasteiger partial charge in [0, 0.05) is 24.7 Å². The second-order valence-corrected chi connectivity index (χ2v) is 6.85. The zero-order valence-corrected chi connectivity index (χ0v) is 13.9. The molecule has 1 N–H and O–H groups in total. The van der Waals surface area contributed by atoms with E-state index < -0.39 is 10.0 Å². The van der Waals surface area contributed by atoms with Crippen LogP contribution in [-0.2, 0) is 14.8 Å². The van der Waals surface area contributed by atoms with E-state index in [4.69, 9.17) is 0 Å². The molecule has 1 atom stereocenters. The maximum absolute atomic E-state index is 12.3. The van der Waals surface area contributed by atoms with Crippen LogP contribution in [0.2, 0.25) is 0 Å². The molecule has 0 aliphatic rings. The number of carbonyl (C=O) groups is 1. The summed E-state index contributed by atoms with van der Waals surface area (Å²) in [5, 5.41) is 2.78. The molecule has 0 bridgehead atoms. The molecule has 118 valence electrons. The van der Waals surface area contributed by atoms with Crippen LogP contribution in [0.3, 0.4) is 0 Å². The SMILES string of the molecule is CCC(C)C(=O)Nc1ccc(S(=O)(=O)N(CC)CC)cc1. The molecule has 1 unspecified atom stereocenters. The molecule has 1 aromatic carbocycles. The average Bonchev–Trinajstić information content (AvgIpc) is 2.47. The summed E-state index contributed by atoms with van der Waals surface area (Å²) in [7, 11) is -3.45. The Labute approximate surface area is 127 Å². The van der Waals surface area contributed by atoms with Crippen LogP contribution in [0, 0.1) is 5.92 Å². The Morgan fingerprint density at radius 3 is 2.10 bits per heavy atom. The normalized spacial score (nSPS) is 13.2. The first kappa shape index (κ1) is 17.7. The number of rotatable bonds is 7. The monoisotopic (exact) mass is 312 g/mol. The summed E-state index contributed by atoms with van der Waals surface area (Å²) in [6, 6.07) is 6.30. The van der Waals surface area contributed by atoms with Crippen LogP contribution in [0.4, 0.5) is 5.69 Å². The first-order valence-electron chi connectivity index (χ1n) is 7.27. The molecule has 6 heteroatoms. The zero-order valence-electron chi connectivity index (χ0n) is 13.1. The Hall–Kier alpha value is -1.40. The first-order valence-corrected chi connectivity index (χ1v) is 8.71. The lowest BCUT2D eigenvalue weighted by Gasteiger charge is -2.18. The molecule has 0 aromatic heterocycles. The van der Waals surface area contributed by atoms with Gasteiger partial charge in [0.05, 0.1) is 4.90 Å². The maximum Gasteiger partial charge on any atom is 0.243 e. The molecule has 21 heavy (non-hydrogen) atoms. The standard InChI is InChI=1S/C15H24N2O3S/c1-5-12(4)15(18)16-13-8-10-14(11-9-13)21(19,20)17(6-2)7-3/h8-12H,5-7H2,1-4H3,(H,16,18). The lowest BCUT2D eigenvalue weighted by atomic mass is 10.1. The van der Waals surface area contributed by atoms with Gasteiger partial charge in [-0.2, -0.15) is 4.31 Å². The summed E-state index contributed by atoms with van der Waals surface area (Å²) < 4.78 is 26.0. The van der Waals surface area contributed by atoms with Crippen molar-refractivity contribution in [3.63, 3.8) is 0 Å². The highest BCUT2D eigenvalue weighted by atomic mass is 32.2. The summed E-state index contributed by atoms with van der Waals surface area (Å²) in [5.41, 5.74) is 0.610. The molecular weight excluding hydrogens is 288 g/mol. The second-order valence-electron chi connectivity index (χ2n) is 4.91. The van der Waals surface area contributed by atoms with Gasteiger partial charge in [-0.3, -0.25) is 4.79 Å². The van der Waals surface area contributed by atoms with Crippen molar-refractivity contribution in [1.82, 2.24) is 4.31 Å². The van der Waals surface area contributed by atoms with Gasteiger partial charge in [-0.25, -0.2) is 8.42 Å². The first-order chi connectivity index (χ1) is 9.86. The van der Waals surface area contributed by atoms with E-state index in [0.717, 1.165) is 6.42 Å². The van der Waals surface area contributed by atoms with Crippen LogP contribution >= 0.6 is 0 Å². The number of nitrogens with one attached hydrogen (secondary N) is 1. The third-order valence-corrected chi connectivity index (χ3v) is 5.59. The lowest BCUT2D eigenvalue weighted by molar-refractivity contribution is -0.119. The smallest absolute Gasteiger partial charge is 0.243 e. The Kier molecular flexibility index (Phi) is 6.36. The molecule has 0 aliphatic carbocycles. The molecule has 0 saturated heterocycles. The number of carbonyl (C=O) groups excluding carboxylic acids is 1. The number of hydrogen-bond acceptors (Lipinski definition) is 3. The van der Waals surface area contributed by atoms with Gasteiger partial charge in [0.2, 0.25) is 15.9 Å². The molecular formula is C15H24N2O3S. The minimum atomic E-state index is -3.45. The Morgan fingerprint density at radius 2 is 1.67 bits per heavy atom. The van der Waals surface area contributed by atoms with E-state index in [0.29, 0.717) is 18.8 Å². The van der Waals surface area contributed by atoms with E-state index in [9.17, 15) is 13.2 Å². The second kappa shape index (κ2) is 7.56. The predicted octanol–water partition coefficient (Wildman–Crippen LogP) is 2.70. The number of benzene rings is 1. The molecule has 0 aliphatic heterocycles. The lowest BCUT2D eigenvalue weighted by Crippen LogP contribution is -2.30. The van der Waals surface area contributed by atoms with Gasteiger partial charge in [-0.1, -0.05) is 27.7 Å². The highest BCUT2D eigenvalue weighted by Crippen LogP contribution is 2.18. The van der Waals surface area contributed by atoms with Crippen molar-refractivity contribution < 1.29 is 13.2 Å². The molecule has 1 amide bonds. The number of sulfonamides is 1. The third kappa shape index (κ3) is 4.28. The fraction of sp³-hybridized carbons (Fsp3) is 0.533. The van der Waals surface area contributed by atoms with E-state index in [1.165, 1.54) is 16.4 Å². The summed E-state index contributed by atoms with van der Waals surface area (Å²) in [6.45, 7) is 8.29. The molecule has 1 rings (SSSR count). The maximum atomic E-state index is 12.3. The summed E-state index contributed by atoms with van der Waals surface area (Å²) >= 11 is 0. The number of amides is 1. The summed E-state index contributed by atoms with van der Waals surface area (Å²) in [6.07, 6.45) is 0.764. The summed E-state index contributed by atoms with van der Waals surface area (Å²) in [5.74, 6) is -0.124. The highest BCUT2D eigenvalue weighted by molar-refractivity contribution is 7.89. The van der Waals surface area contributed by atoms with Crippen molar-refractivity contribution in [2.45, 2.75) is 39.0 Å². The van der Waals surface area contributed by atoms with Crippen molar-refractivity contribution in [2.75, 3.05) is 18.4 Å². The van der Waals surface area contributed by atoms with Crippen LogP contribution in [-0.4, -0.2) is 31.7 Å². The topological polar surface area (TPSA) is 66.5 Å². The van der Waals surface area contributed by atoms with Crippen LogP contribution < -0.4 is 5.32 Å². The molecule has 5 nitrogen and oxygen atoms in total. The summed E-state index contributed by atoms with van der Waals surface area (Å²) in [4.78, 5) is 12.0. The molecule has 0 fully saturated rings. The van der Waals surface area contributed by atoms with Gasteiger partial charge in [-0.15, -0.1) is 0 Å². The molecule has 0 saturated carbocycles. The average molecular weight is 312 g/mol. The van der Waals surface area contributed by atoms with E-state index in [2.05, 4.69) is 5.32 Å². The van der Waals surface area contributed by atoms with Crippen molar-refractivity contribution in [1.29, 1.82) is 0 Å².